The number of rotatable bonds is 21. The second-order valence-corrected chi connectivity index (χ2v) is 7.81. The number of hydrogen-bond donors (Lipinski definition) is 5. The molecule has 15 nitrogen and oxygen atoms in total. The molecule has 15 heteroatoms. The molecule has 2 amide bonds. The van der Waals surface area contributed by atoms with Crippen molar-refractivity contribution in [2.75, 3.05) is 33.5 Å². The van der Waals surface area contributed by atoms with Crippen molar-refractivity contribution < 1.29 is 48.7 Å². The predicted molar refractivity (Wildman–Crippen MR) is 122 cm³/mol. The molecule has 2 atom stereocenters. The molecule has 0 aliphatic carbocycles. The highest BCUT2D eigenvalue weighted by Gasteiger charge is 2.24. The highest BCUT2D eigenvalue weighted by atomic mass is 16.5. The van der Waals surface area contributed by atoms with E-state index in [-0.39, 0.29) is 12.8 Å². The second-order valence-electron chi connectivity index (χ2n) is 7.81. The van der Waals surface area contributed by atoms with Gasteiger partial charge in [-0.05, 0) is 32.1 Å². The highest BCUT2D eigenvalue weighted by molar-refractivity contribution is 5.86. The Morgan fingerprint density at radius 3 is 2.22 bits per heavy atom. The van der Waals surface area contributed by atoms with Crippen molar-refractivity contribution in [1.29, 1.82) is 0 Å². The third-order valence-electron chi connectivity index (χ3n) is 4.83. The average molecular weight is 518 g/mol. The molecule has 36 heavy (non-hydrogen) atoms. The van der Waals surface area contributed by atoms with Crippen molar-refractivity contribution >= 4 is 23.9 Å². The van der Waals surface area contributed by atoms with Gasteiger partial charge in [-0.2, -0.15) is 0 Å². The van der Waals surface area contributed by atoms with E-state index in [1.807, 2.05) is 0 Å². The Bertz CT molecular complexity index is 819. The largest absolute Gasteiger partial charge is 0.481 e. The van der Waals surface area contributed by atoms with Gasteiger partial charge in [0.2, 0.25) is 0 Å². The van der Waals surface area contributed by atoms with Gasteiger partial charge in [-0.1, -0.05) is 5.21 Å². The number of unbranched alkanes of at least 4 members (excludes halogenated alkanes) is 1. The van der Waals surface area contributed by atoms with Gasteiger partial charge in [-0.3, -0.25) is 9.48 Å². The van der Waals surface area contributed by atoms with Gasteiger partial charge in [0.25, 0.3) is 0 Å². The first-order chi connectivity index (χ1) is 17.2. The molecule has 1 heterocycles. The number of nitrogens with one attached hydrogen (secondary N) is 2. The van der Waals surface area contributed by atoms with Crippen LogP contribution in [-0.2, 0) is 41.7 Å². The molecule has 0 aliphatic heterocycles. The summed E-state index contributed by atoms with van der Waals surface area (Å²) in [6.45, 7) is 2.98. The van der Waals surface area contributed by atoms with Gasteiger partial charge in [0.05, 0.1) is 26.0 Å². The number of carbonyl (C=O) groups excluding carboxylic acids is 1. The minimum atomic E-state index is -1.45. The molecule has 0 bridgehead atoms. The topological polar surface area (TPSA) is 211 Å². The third kappa shape index (κ3) is 14.2. The molecular formula is C21H35N5O10. The van der Waals surface area contributed by atoms with E-state index in [1.165, 1.54) is 0 Å². The number of hydrogen-bond acceptors (Lipinski definition) is 9. The normalized spacial score (nSPS) is 12.6. The zero-order valence-electron chi connectivity index (χ0n) is 20.3. The molecule has 0 unspecified atom stereocenters. The van der Waals surface area contributed by atoms with Crippen LogP contribution in [0.25, 0.3) is 0 Å². The van der Waals surface area contributed by atoms with Crippen LogP contribution in [0.15, 0.2) is 6.20 Å². The van der Waals surface area contributed by atoms with Gasteiger partial charge in [0.15, 0.2) is 0 Å². The zero-order valence-corrected chi connectivity index (χ0v) is 20.3. The monoisotopic (exact) mass is 517 g/mol. The van der Waals surface area contributed by atoms with Gasteiger partial charge in [-0.15, -0.1) is 5.10 Å². The van der Waals surface area contributed by atoms with Crippen LogP contribution in [0.2, 0.25) is 0 Å². The Morgan fingerprint density at radius 2 is 1.58 bits per heavy atom. The first kappa shape index (κ1) is 30.7. The van der Waals surface area contributed by atoms with E-state index in [4.69, 9.17) is 24.4 Å². The number of amides is 2. The van der Waals surface area contributed by atoms with Gasteiger partial charge < -0.3 is 40.2 Å². The number of carboxylic acids is 3. The number of nitrogens with zero attached hydrogens (tertiary/aromatic N) is 3. The maximum absolute atomic E-state index is 12.0. The molecule has 5 N–H and O–H groups in total. The number of aliphatic carboxylic acids is 3. The van der Waals surface area contributed by atoms with Crippen LogP contribution in [0.5, 0.6) is 0 Å². The summed E-state index contributed by atoms with van der Waals surface area (Å²) in [5, 5.41) is 39.4. The molecule has 1 aromatic heterocycles. The number of carboxylic acid groups (broad SMARTS) is 3. The standard InChI is InChI=1S/C21H35N5O10/c1-34-11-12-35-9-4-10-36-14-15-13-26(25-24-15)8-3-2-5-16(19(29)30)22-21(33)23-17(20(31)32)6-7-18(27)28/h13,16-17H,2-12,14H2,1H3,(H,27,28)(H,29,30)(H,31,32)(H2,22,23,33)/t16-,17-/m0/s1. The van der Waals surface area contributed by atoms with Crippen molar-refractivity contribution in [3.63, 3.8) is 0 Å². The lowest BCUT2D eigenvalue weighted by atomic mass is 10.1. The predicted octanol–water partition coefficient (Wildman–Crippen LogP) is 0.0885. The summed E-state index contributed by atoms with van der Waals surface area (Å²) in [6.07, 6.45) is 2.79. The van der Waals surface area contributed by atoms with Gasteiger partial charge in [0, 0.05) is 33.3 Å². The van der Waals surface area contributed by atoms with Gasteiger partial charge in [0.1, 0.15) is 17.8 Å². The van der Waals surface area contributed by atoms with E-state index in [9.17, 15) is 24.3 Å². The molecule has 1 aromatic rings. The van der Waals surface area contributed by atoms with Gasteiger partial charge in [-0.25, -0.2) is 14.4 Å². The second kappa shape index (κ2) is 18.0. The van der Waals surface area contributed by atoms with Crippen molar-refractivity contribution in [1.82, 2.24) is 25.6 Å². The fourth-order valence-electron chi connectivity index (χ4n) is 2.96. The van der Waals surface area contributed by atoms with E-state index >= 15 is 0 Å². The summed E-state index contributed by atoms with van der Waals surface area (Å²) in [5.74, 6) is -3.90. The Labute approximate surface area is 208 Å². The molecule has 0 aliphatic rings. The average Bonchev–Trinajstić information content (AvgIpc) is 3.27. The van der Waals surface area contributed by atoms with Gasteiger partial charge >= 0.3 is 23.9 Å². The summed E-state index contributed by atoms with van der Waals surface area (Å²) < 4.78 is 17.4. The molecule has 0 saturated carbocycles. The third-order valence-corrected chi connectivity index (χ3v) is 4.83. The molecule has 204 valence electrons. The number of aromatic nitrogens is 3. The first-order valence-electron chi connectivity index (χ1n) is 11.5. The summed E-state index contributed by atoms with van der Waals surface area (Å²) >= 11 is 0. The Morgan fingerprint density at radius 1 is 0.917 bits per heavy atom. The lowest BCUT2D eigenvalue weighted by Gasteiger charge is -2.18. The minimum Gasteiger partial charge on any atom is -0.481 e. The Hall–Kier alpha value is -3.30. The lowest BCUT2D eigenvalue weighted by molar-refractivity contribution is -0.140. The quantitative estimate of drug-likeness (QED) is 0.137. The Balaban J connectivity index is 2.30. The number of carbonyl (C=O) groups is 4. The van der Waals surface area contributed by atoms with Crippen LogP contribution >= 0.6 is 0 Å². The van der Waals surface area contributed by atoms with Crippen LogP contribution in [-0.4, -0.2) is 99.9 Å². The van der Waals surface area contributed by atoms with Crippen molar-refractivity contribution in [2.45, 2.75) is 63.8 Å². The molecule has 0 fully saturated rings. The summed E-state index contributed by atoms with van der Waals surface area (Å²) in [4.78, 5) is 45.3. The van der Waals surface area contributed by atoms with Crippen molar-refractivity contribution in [3.05, 3.63) is 11.9 Å². The molecule has 0 saturated heterocycles. The lowest BCUT2D eigenvalue weighted by Crippen LogP contribution is -2.51. The number of ether oxygens (including phenoxy) is 3. The fraction of sp³-hybridized carbons (Fsp3) is 0.714. The number of aryl methyl sites for hydroxylation is 1. The van der Waals surface area contributed by atoms with Crippen LogP contribution < -0.4 is 10.6 Å². The SMILES string of the molecule is COCCOCCCOCc1cn(CCCC[C@H](NC(=O)N[C@@H](CCC(=O)O)C(=O)O)C(=O)O)nn1. The van der Waals surface area contributed by atoms with Crippen LogP contribution in [0, 0.1) is 0 Å². The van der Waals surface area contributed by atoms with E-state index < -0.39 is 42.4 Å². The van der Waals surface area contributed by atoms with E-state index in [0.717, 1.165) is 6.42 Å². The number of urea groups is 1. The van der Waals surface area contributed by atoms with E-state index in [0.29, 0.717) is 58.1 Å². The summed E-state index contributed by atoms with van der Waals surface area (Å²) in [6, 6.07) is -3.69. The van der Waals surface area contributed by atoms with Crippen LogP contribution in [0.4, 0.5) is 4.79 Å². The molecule has 0 aromatic carbocycles. The fourth-order valence-corrected chi connectivity index (χ4v) is 2.96. The van der Waals surface area contributed by atoms with Crippen LogP contribution in [0.1, 0.15) is 44.2 Å². The van der Waals surface area contributed by atoms with E-state index in [2.05, 4.69) is 20.9 Å². The maximum Gasteiger partial charge on any atom is 0.326 e. The zero-order chi connectivity index (χ0) is 26.8. The molecular weight excluding hydrogens is 482 g/mol. The molecule has 0 radical (unpaired) electrons. The maximum atomic E-state index is 12.0. The van der Waals surface area contributed by atoms with Crippen molar-refractivity contribution in [2.24, 2.45) is 0 Å². The summed E-state index contributed by atoms with van der Waals surface area (Å²) in [5.41, 5.74) is 0.660. The molecule has 0 spiro atoms. The smallest absolute Gasteiger partial charge is 0.326 e. The molecule has 1 rings (SSSR count). The van der Waals surface area contributed by atoms with Crippen LogP contribution in [0.3, 0.4) is 0 Å². The Kier molecular flexibility index (Phi) is 15.4. The minimum absolute atomic E-state index is 0.104. The first-order valence-corrected chi connectivity index (χ1v) is 11.5. The van der Waals surface area contributed by atoms with E-state index in [1.54, 1.807) is 18.0 Å². The highest BCUT2D eigenvalue weighted by Crippen LogP contribution is 2.05. The summed E-state index contributed by atoms with van der Waals surface area (Å²) in [7, 11) is 1.61. The van der Waals surface area contributed by atoms with Crippen molar-refractivity contribution in [3.8, 4) is 0 Å². The number of methoxy groups -OCH3 is 1.